The molecule has 0 bridgehead atoms. The molecule has 3 rings (SSSR count). The van der Waals surface area contributed by atoms with E-state index >= 15 is 0 Å². The van der Waals surface area contributed by atoms with E-state index in [0.29, 0.717) is 30.3 Å². The molecule has 2 N–H and O–H groups in total. The lowest BCUT2D eigenvalue weighted by molar-refractivity contribution is -0.139. The zero-order chi connectivity index (χ0) is 27.9. The molecule has 0 aliphatic heterocycles. The molecule has 202 valence electrons. The molecule has 38 heavy (non-hydrogen) atoms. The van der Waals surface area contributed by atoms with Crippen LogP contribution in [0.4, 0.5) is 0 Å². The number of benzene rings is 3. The normalized spacial score (nSPS) is 12.3. The van der Waals surface area contributed by atoms with E-state index in [1.165, 1.54) is 5.56 Å². The fraction of sp³-hybridized carbons (Fsp3) is 0.333. The van der Waals surface area contributed by atoms with Crippen molar-refractivity contribution < 1.29 is 27.9 Å². The molecular formula is C30H35NO6S. The van der Waals surface area contributed by atoms with Gasteiger partial charge in [-0.2, -0.15) is 0 Å². The van der Waals surface area contributed by atoms with E-state index in [0.717, 1.165) is 28.5 Å². The van der Waals surface area contributed by atoms with Crippen molar-refractivity contribution in [1.29, 1.82) is 0 Å². The van der Waals surface area contributed by atoms with Crippen LogP contribution in [-0.2, 0) is 32.6 Å². The summed E-state index contributed by atoms with van der Waals surface area (Å²) in [5, 5.41) is 12.1. The van der Waals surface area contributed by atoms with Crippen LogP contribution in [0.1, 0.15) is 58.8 Å². The largest absolute Gasteiger partial charge is 0.480 e. The number of amides is 1. The number of aryl methyl sites for hydroxylation is 1. The molecule has 0 heterocycles. The first-order chi connectivity index (χ1) is 17.9. The molecule has 3 aromatic carbocycles. The Morgan fingerprint density at radius 3 is 2.24 bits per heavy atom. The van der Waals surface area contributed by atoms with Gasteiger partial charge in [0.25, 0.3) is 5.91 Å². The van der Waals surface area contributed by atoms with Gasteiger partial charge < -0.3 is 15.2 Å². The Hall–Kier alpha value is -3.49. The summed E-state index contributed by atoms with van der Waals surface area (Å²) >= 11 is 0. The average molecular weight is 538 g/mol. The van der Waals surface area contributed by atoms with Gasteiger partial charge in [-0.25, -0.2) is 13.2 Å². The maximum absolute atomic E-state index is 13.2. The van der Waals surface area contributed by atoms with Crippen molar-refractivity contribution in [3.05, 3.63) is 94.5 Å². The number of carboxylic acids is 1. The lowest BCUT2D eigenvalue weighted by Crippen LogP contribution is -2.42. The van der Waals surface area contributed by atoms with Gasteiger partial charge in [-0.15, -0.1) is 0 Å². The van der Waals surface area contributed by atoms with Crippen LogP contribution >= 0.6 is 0 Å². The molecule has 0 saturated heterocycles. The van der Waals surface area contributed by atoms with Gasteiger partial charge in [0.2, 0.25) is 0 Å². The Labute approximate surface area is 224 Å². The number of sulfone groups is 1. The third kappa shape index (κ3) is 8.26. The predicted octanol–water partition coefficient (Wildman–Crippen LogP) is 5.12. The Morgan fingerprint density at radius 1 is 0.921 bits per heavy atom. The van der Waals surface area contributed by atoms with Crippen molar-refractivity contribution in [1.82, 2.24) is 5.32 Å². The standard InChI is InChI=1S/C30H35NO6S/c1-20(2)24-10-7-9-22(16-24)18-37-19-23-12-13-26(27(17-23)25-11-6-5-8-21(25)3)29(32)31-28(30(33)34)14-15-38(4,35)36/h5-13,16-17,20,28H,14-15,18-19H2,1-4H3,(H,31,32)(H,33,34). The fourth-order valence-corrected chi connectivity index (χ4v) is 4.80. The highest BCUT2D eigenvalue weighted by Crippen LogP contribution is 2.29. The maximum atomic E-state index is 13.2. The van der Waals surface area contributed by atoms with E-state index in [4.69, 9.17) is 4.74 Å². The number of ether oxygens (including phenoxy) is 1. The molecule has 1 atom stereocenters. The van der Waals surface area contributed by atoms with Crippen LogP contribution in [0.5, 0.6) is 0 Å². The lowest BCUT2D eigenvalue weighted by Gasteiger charge is -2.18. The van der Waals surface area contributed by atoms with Gasteiger partial charge in [-0.3, -0.25) is 4.79 Å². The minimum Gasteiger partial charge on any atom is -0.480 e. The number of carbonyl (C=O) groups is 2. The third-order valence-electron chi connectivity index (χ3n) is 6.30. The van der Waals surface area contributed by atoms with Gasteiger partial charge in [-0.1, -0.05) is 68.4 Å². The summed E-state index contributed by atoms with van der Waals surface area (Å²) in [6.45, 7) is 7.01. The van der Waals surface area contributed by atoms with E-state index in [1.807, 2.05) is 49.4 Å². The number of hydrogen-bond acceptors (Lipinski definition) is 5. The van der Waals surface area contributed by atoms with Crippen LogP contribution in [0, 0.1) is 6.92 Å². The predicted molar refractivity (Wildman–Crippen MR) is 149 cm³/mol. The Bertz CT molecular complexity index is 1400. The van der Waals surface area contributed by atoms with Crippen molar-refractivity contribution in [2.75, 3.05) is 12.0 Å². The first-order valence-electron chi connectivity index (χ1n) is 12.5. The van der Waals surface area contributed by atoms with Gasteiger partial charge in [0.05, 0.1) is 19.0 Å². The minimum atomic E-state index is -3.38. The molecule has 8 heteroatoms. The summed E-state index contributed by atoms with van der Waals surface area (Å²) in [4.78, 5) is 24.9. The second kappa shape index (κ2) is 12.8. The van der Waals surface area contributed by atoms with E-state index in [2.05, 4.69) is 31.3 Å². The second-order valence-corrected chi connectivity index (χ2v) is 12.1. The van der Waals surface area contributed by atoms with Crippen LogP contribution in [0.15, 0.2) is 66.7 Å². The number of hydrogen-bond donors (Lipinski definition) is 2. The van der Waals surface area contributed by atoms with Crippen LogP contribution < -0.4 is 5.32 Å². The molecule has 0 spiro atoms. The van der Waals surface area contributed by atoms with Gasteiger partial charge in [-0.05, 0) is 64.8 Å². The number of carbonyl (C=O) groups excluding carboxylic acids is 1. The highest BCUT2D eigenvalue weighted by Gasteiger charge is 2.24. The number of carboxylic acid groups (broad SMARTS) is 1. The quantitative estimate of drug-likeness (QED) is 0.332. The minimum absolute atomic E-state index is 0.219. The van der Waals surface area contributed by atoms with Crippen molar-refractivity contribution in [3.63, 3.8) is 0 Å². The van der Waals surface area contributed by atoms with Gasteiger partial charge in [0, 0.05) is 11.8 Å². The molecule has 0 radical (unpaired) electrons. The van der Waals surface area contributed by atoms with Crippen LogP contribution in [0.25, 0.3) is 11.1 Å². The number of nitrogens with one attached hydrogen (secondary N) is 1. The van der Waals surface area contributed by atoms with E-state index < -0.39 is 27.8 Å². The smallest absolute Gasteiger partial charge is 0.326 e. The van der Waals surface area contributed by atoms with Crippen LogP contribution in [0.3, 0.4) is 0 Å². The van der Waals surface area contributed by atoms with Gasteiger partial charge in [0.1, 0.15) is 15.9 Å². The highest BCUT2D eigenvalue weighted by atomic mass is 32.2. The summed E-state index contributed by atoms with van der Waals surface area (Å²) in [5.41, 5.74) is 5.95. The van der Waals surface area contributed by atoms with Gasteiger partial charge in [0.15, 0.2) is 0 Å². The van der Waals surface area contributed by atoms with Gasteiger partial charge >= 0.3 is 5.97 Å². The topological polar surface area (TPSA) is 110 Å². The zero-order valence-corrected chi connectivity index (χ0v) is 23.0. The molecule has 1 unspecified atom stereocenters. The molecule has 0 fully saturated rings. The Balaban J connectivity index is 1.84. The van der Waals surface area contributed by atoms with Crippen molar-refractivity contribution >= 4 is 21.7 Å². The summed E-state index contributed by atoms with van der Waals surface area (Å²) in [5.74, 6) is -1.78. The molecule has 1 amide bonds. The van der Waals surface area contributed by atoms with E-state index in [1.54, 1.807) is 12.1 Å². The average Bonchev–Trinajstić information content (AvgIpc) is 2.86. The van der Waals surface area contributed by atoms with E-state index in [-0.39, 0.29) is 12.2 Å². The number of rotatable bonds is 12. The summed E-state index contributed by atoms with van der Waals surface area (Å²) < 4.78 is 29.1. The number of aliphatic carboxylic acids is 1. The third-order valence-corrected chi connectivity index (χ3v) is 7.28. The lowest BCUT2D eigenvalue weighted by atomic mass is 9.93. The van der Waals surface area contributed by atoms with Crippen molar-refractivity contribution in [2.24, 2.45) is 0 Å². The SMILES string of the molecule is Cc1ccccc1-c1cc(COCc2cccc(C(C)C)c2)ccc1C(=O)NC(CCS(C)(=O)=O)C(=O)O. The summed E-state index contributed by atoms with van der Waals surface area (Å²) in [6.07, 6.45) is 0.815. The summed E-state index contributed by atoms with van der Waals surface area (Å²) in [6, 6.07) is 19.9. The molecule has 0 saturated carbocycles. The first kappa shape index (κ1) is 29.1. The monoisotopic (exact) mass is 537 g/mol. The first-order valence-corrected chi connectivity index (χ1v) is 14.6. The zero-order valence-electron chi connectivity index (χ0n) is 22.2. The highest BCUT2D eigenvalue weighted by molar-refractivity contribution is 7.90. The van der Waals surface area contributed by atoms with Crippen molar-refractivity contribution in [3.8, 4) is 11.1 Å². The molecule has 0 aliphatic rings. The van der Waals surface area contributed by atoms with Crippen molar-refractivity contribution in [2.45, 2.75) is 52.4 Å². The molecule has 3 aromatic rings. The molecule has 0 aromatic heterocycles. The molecule has 0 aliphatic carbocycles. The van der Waals surface area contributed by atoms with Crippen LogP contribution in [0.2, 0.25) is 0 Å². The maximum Gasteiger partial charge on any atom is 0.326 e. The van der Waals surface area contributed by atoms with Crippen LogP contribution in [-0.4, -0.2) is 43.5 Å². The Kier molecular flexibility index (Phi) is 9.83. The Morgan fingerprint density at radius 2 is 1.61 bits per heavy atom. The summed E-state index contributed by atoms with van der Waals surface area (Å²) in [7, 11) is -3.38. The molecular weight excluding hydrogens is 502 g/mol. The fourth-order valence-electron chi connectivity index (χ4n) is 4.13. The molecule has 7 nitrogen and oxygen atoms in total. The second-order valence-electron chi connectivity index (χ2n) is 9.87. The van der Waals surface area contributed by atoms with E-state index in [9.17, 15) is 23.1 Å².